The highest BCUT2D eigenvalue weighted by atomic mass is 16.6. The molecule has 1 aliphatic rings. The second-order valence-electron chi connectivity index (χ2n) is 6.85. The van der Waals surface area contributed by atoms with Gasteiger partial charge in [0, 0.05) is 44.4 Å². The predicted molar refractivity (Wildman–Crippen MR) is 109 cm³/mol. The summed E-state index contributed by atoms with van der Waals surface area (Å²) in [6, 6.07) is 13.9. The summed E-state index contributed by atoms with van der Waals surface area (Å²) in [5, 5.41) is 14.3. The van der Waals surface area contributed by atoms with E-state index in [1.807, 2.05) is 40.1 Å². The van der Waals surface area contributed by atoms with Gasteiger partial charge in [0.1, 0.15) is 5.69 Å². The minimum Gasteiger partial charge on any atom is -0.366 e. The lowest BCUT2D eigenvalue weighted by atomic mass is 10.1. The van der Waals surface area contributed by atoms with E-state index in [4.69, 9.17) is 5.73 Å². The van der Waals surface area contributed by atoms with Gasteiger partial charge in [0.2, 0.25) is 11.8 Å². The summed E-state index contributed by atoms with van der Waals surface area (Å²) < 4.78 is 0. The molecule has 29 heavy (non-hydrogen) atoms. The van der Waals surface area contributed by atoms with E-state index in [2.05, 4.69) is 5.32 Å². The van der Waals surface area contributed by atoms with Gasteiger partial charge in [-0.25, -0.2) is 0 Å². The Bertz CT molecular complexity index is 895. The largest absolute Gasteiger partial charge is 0.366 e. The molecule has 1 fully saturated rings. The highest BCUT2D eigenvalue weighted by Crippen LogP contribution is 2.30. The third kappa shape index (κ3) is 5.29. The Hall–Kier alpha value is -3.46. The first kappa shape index (κ1) is 20.3. The molecular formula is C20H23N5O4. The first-order valence-corrected chi connectivity index (χ1v) is 9.30. The highest BCUT2D eigenvalue weighted by molar-refractivity contribution is 5.94. The van der Waals surface area contributed by atoms with Gasteiger partial charge in [-0.05, 0) is 17.7 Å². The van der Waals surface area contributed by atoms with Crippen LogP contribution in [0.3, 0.4) is 0 Å². The summed E-state index contributed by atoms with van der Waals surface area (Å²) >= 11 is 0. The number of rotatable bonds is 7. The molecule has 1 aliphatic heterocycles. The van der Waals surface area contributed by atoms with Crippen LogP contribution in [0.5, 0.6) is 0 Å². The van der Waals surface area contributed by atoms with Crippen molar-refractivity contribution in [3.63, 3.8) is 0 Å². The van der Waals surface area contributed by atoms with Crippen LogP contribution in [0.2, 0.25) is 0 Å². The van der Waals surface area contributed by atoms with Crippen molar-refractivity contribution in [2.45, 2.75) is 6.54 Å². The fourth-order valence-electron chi connectivity index (χ4n) is 3.29. The van der Waals surface area contributed by atoms with Crippen LogP contribution in [-0.2, 0) is 11.3 Å². The zero-order valence-corrected chi connectivity index (χ0v) is 15.9. The van der Waals surface area contributed by atoms with Crippen molar-refractivity contribution in [3.05, 3.63) is 69.8 Å². The molecule has 1 heterocycles. The number of amides is 2. The third-order valence-electron chi connectivity index (χ3n) is 4.87. The Balaban J connectivity index is 1.54. The smallest absolute Gasteiger partial charge is 0.293 e. The van der Waals surface area contributed by atoms with E-state index in [0.29, 0.717) is 38.4 Å². The van der Waals surface area contributed by atoms with E-state index in [1.165, 1.54) is 12.1 Å². The third-order valence-corrected chi connectivity index (χ3v) is 4.87. The predicted octanol–water partition coefficient (Wildman–Crippen LogP) is 1.13. The van der Waals surface area contributed by atoms with Crippen molar-refractivity contribution in [1.82, 2.24) is 10.2 Å². The number of nitro benzene ring substituents is 1. The standard InChI is InChI=1S/C20H23N5O4/c21-20(27)16-6-7-17(18(12-16)25(28)29)24-10-8-23(9-11-24)14-19(26)22-13-15-4-2-1-3-5-15/h1-7,12H,8-11,13-14H2,(H2,21,27)(H,22,26). The molecule has 3 rings (SSSR count). The SMILES string of the molecule is NC(=O)c1ccc(N2CCN(CC(=O)NCc3ccccc3)CC2)c([N+](=O)[O-])c1. The van der Waals surface area contributed by atoms with E-state index >= 15 is 0 Å². The molecule has 0 atom stereocenters. The Kier molecular flexibility index (Phi) is 6.40. The molecule has 2 aromatic carbocycles. The maximum Gasteiger partial charge on any atom is 0.293 e. The van der Waals surface area contributed by atoms with Crippen LogP contribution in [0.4, 0.5) is 11.4 Å². The highest BCUT2D eigenvalue weighted by Gasteiger charge is 2.25. The van der Waals surface area contributed by atoms with Crippen molar-refractivity contribution in [2.24, 2.45) is 5.73 Å². The summed E-state index contributed by atoms with van der Waals surface area (Å²) in [6.07, 6.45) is 0. The number of primary amides is 1. The molecule has 152 valence electrons. The Labute approximate surface area is 168 Å². The number of benzene rings is 2. The first-order chi connectivity index (χ1) is 13.9. The molecule has 0 radical (unpaired) electrons. The minimum atomic E-state index is -0.703. The molecule has 2 aromatic rings. The molecule has 1 saturated heterocycles. The number of hydrogen-bond donors (Lipinski definition) is 2. The normalized spacial score (nSPS) is 14.4. The van der Waals surface area contributed by atoms with Gasteiger partial charge in [0.15, 0.2) is 0 Å². The summed E-state index contributed by atoms with van der Waals surface area (Å²) in [6.45, 7) is 3.06. The van der Waals surface area contributed by atoms with Gasteiger partial charge < -0.3 is 16.0 Å². The molecule has 0 aromatic heterocycles. The first-order valence-electron chi connectivity index (χ1n) is 9.30. The molecule has 0 saturated carbocycles. The van der Waals surface area contributed by atoms with Crippen LogP contribution in [0.25, 0.3) is 0 Å². The van der Waals surface area contributed by atoms with Crippen molar-refractivity contribution < 1.29 is 14.5 Å². The summed E-state index contributed by atoms with van der Waals surface area (Å²) in [5.74, 6) is -0.759. The second-order valence-corrected chi connectivity index (χ2v) is 6.85. The molecular weight excluding hydrogens is 374 g/mol. The summed E-state index contributed by atoms with van der Waals surface area (Å²) in [7, 11) is 0. The molecule has 0 bridgehead atoms. The number of nitrogens with one attached hydrogen (secondary N) is 1. The molecule has 2 amide bonds. The average molecular weight is 397 g/mol. The average Bonchev–Trinajstić information content (AvgIpc) is 2.73. The maximum absolute atomic E-state index is 12.2. The van der Waals surface area contributed by atoms with Gasteiger partial charge in [0.25, 0.3) is 5.69 Å². The maximum atomic E-state index is 12.2. The molecule has 0 unspecified atom stereocenters. The van der Waals surface area contributed by atoms with E-state index in [9.17, 15) is 19.7 Å². The molecule has 9 nitrogen and oxygen atoms in total. The topological polar surface area (TPSA) is 122 Å². The number of nitrogens with two attached hydrogens (primary N) is 1. The second kappa shape index (κ2) is 9.16. The van der Waals surface area contributed by atoms with Gasteiger partial charge in [-0.15, -0.1) is 0 Å². The fourth-order valence-corrected chi connectivity index (χ4v) is 3.29. The number of anilines is 1. The van der Waals surface area contributed by atoms with Crippen LogP contribution >= 0.6 is 0 Å². The van der Waals surface area contributed by atoms with Gasteiger partial charge in [-0.2, -0.15) is 0 Å². The van der Waals surface area contributed by atoms with E-state index in [0.717, 1.165) is 5.56 Å². The van der Waals surface area contributed by atoms with Crippen LogP contribution in [-0.4, -0.2) is 54.4 Å². The quantitative estimate of drug-likeness (QED) is 0.534. The van der Waals surface area contributed by atoms with Crippen molar-refractivity contribution in [3.8, 4) is 0 Å². The fraction of sp³-hybridized carbons (Fsp3) is 0.300. The number of piperazine rings is 1. The van der Waals surface area contributed by atoms with Gasteiger partial charge in [-0.1, -0.05) is 30.3 Å². The number of nitro groups is 1. The van der Waals surface area contributed by atoms with Crippen molar-refractivity contribution in [2.75, 3.05) is 37.6 Å². The zero-order valence-electron chi connectivity index (χ0n) is 15.9. The van der Waals surface area contributed by atoms with Crippen LogP contribution < -0.4 is 16.0 Å². The van der Waals surface area contributed by atoms with E-state index in [-0.39, 0.29) is 23.7 Å². The van der Waals surface area contributed by atoms with Gasteiger partial charge >= 0.3 is 0 Å². The van der Waals surface area contributed by atoms with Crippen molar-refractivity contribution in [1.29, 1.82) is 0 Å². The summed E-state index contributed by atoms with van der Waals surface area (Å²) in [5.41, 5.74) is 6.67. The lowest BCUT2D eigenvalue weighted by Gasteiger charge is -2.35. The van der Waals surface area contributed by atoms with E-state index < -0.39 is 10.8 Å². The molecule has 0 spiro atoms. The zero-order chi connectivity index (χ0) is 20.8. The number of carbonyl (C=O) groups excluding carboxylic acids is 2. The minimum absolute atomic E-state index is 0.0564. The van der Waals surface area contributed by atoms with Gasteiger partial charge in [0.05, 0.1) is 11.5 Å². The molecule has 3 N–H and O–H groups in total. The Morgan fingerprint density at radius 2 is 1.76 bits per heavy atom. The lowest BCUT2D eigenvalue weighted by Crippen LogP contribution is -2.49. The Morgan fingerprint density at radius 3 is 2.38 bits per heavy atom. The van der Waals surface area contributed by atoms with Gasteiger partial charge in [-0.3, -0.25) is 24.6 Å². The molecule has 0 aliphatic carbocycles. The lowest BCUT2D eigenvalue weighted by molar-refractivity contribution is -0.384. The summed E-state index contributed by atoms with van der Waals surface area (Å²) in [4.78, 5) is 38.3. The van der Waals surface area contributed by atoms with Crippen molar-refractivity contribution >= 4 is 23.2 Å². The number of nitrogens with zero attached hydrogens (tertiary/aromatic N) is 3. The van der Waals surface area contributed by atoms with Crippen LogP contribution in [0.15, 0.2) is 48.5 Å². The Morgan fingerprint density at radius 1 is 1.07 bits per heavy atom. The van der Waals surface area contributed by atoms with Crippen LogP contribution in [0, 0.1) is 10.1 Å². The van der Waals surface area contributed by atoms with E-state index in [1.54, 1.807) is 6.07 Å². The molecule has 9 heteroatoms. The number of hydrogen-bond acceptors (Lipinski definition) is 6. The van der Waals surface area contributed by atoms with Crippen LogP contribution in [0.1, 0.15) is 15.9 Å². The number of carbonyl (C=O) groups is 2. The monoisotopic (exact) mass is 397 g/mol.